The highest BCUT2D eigenvalue weighted by Crippen LogP contribution is 2.22. The van der Waals surface area contributed by atoms with Gasteiger partial charge in [-0.25, -0.2) is 8.42 Å². The van der Waals surface area contributed by atoms with Crippen LogP contribution in [0.2, 0.25) is 0 Å². The minimum absolute atomic E-state index is 0. The van der Waals surface area contributed by atoms with Gasteiger partial charge in [0.1, 0.15) is 12.0 Å². The molecule has 0 atom stereocenters. The van der Waals surface area contributed by atoms with Crippen LogP contribution in [-0.4, -0.2) is 68.0 Å². The number of piperazine rings is 1. The normalized spacial score (nSPS) is 16.0. The molecule has 0 bridgehead atoms. The van der Waals surface area contributed by atoms with Crippen LogP contribution in [0.4, 0.5) is 0 Å². The number of sulfonamides is 1. The van der Waals surface area contributed by atoms with Gasteiger partial charge in [0.05, 0.1) is 5.69 Å². The van der Waals surface area contributed by atoms with Crippen LogP contribution >= 0.6 is 24.0 Å². The predicted molar refractivity (Wildman–Crippen MR) is 138 cm³/mol. The third kappa shape index (κ3) is 7.73. The van der Waals surface area contributed by atoms with Gasteiger partial charge < -0.3 is 14.7 Å². The fourth-order valence-corrected chi connectivity index (χ4v) is 5.11. The van der Waals surface area contributed by atoms with Crippen LogP contribution in [0.1, 0.15) is 32.0 Å². The first-order valence-electron chi connectivity index (χ1n) is 10.7. The molecule has 0 aliphatic carbocycles. The summed E-state index contributed by atoms with van der Waals surface area (Å²) < 4.78 is 31.6. The van der Waals surface area contributed by atoms with Crippen molar-refractivity contribution in [3.05, 3.63) is 53.9 Å². The molecule has 1 N–H and O–H groups in total. The highest BCUT2D eigenvalue weighted by atomic mass is 127. The molecular weight excluding hydrogens is 541 g/mol. The van der Waals surface area contributed by atoms with E-state index in [2.05, 4.69) is 53.5 Å². The molecule has 1 aromatic heterocycles. The number of benzene rings is 1. The first-order valence-corrected chi connectivity index (χ1v) is 12.3. The van der Waals surface area contributed by atoms with Crippen molar-refractivity contribution < 1.29 is 12.9 Å². The first-order chi connectivity index (χ1) is 14.8. The molecule has 0 radical (unpaired) electrons. The number of aromatic nitrogens is 1. The molecule has 3 rings (SSSR count). The molecule has 1 saturated heterocycles. The fraction of sp³-hybridized carbons (Fsp3) is 0.545. The minimum atomic E-state index is -3.41. The zero-order chi connectivity index (χ0) is 22.3. The Morgan fingerprint density at radius 3 is 2.44 bits per heavy atom. The predicted octanol–water partition coefficient (Wildman–Crippen LogP) is 2.97. The van der Waals surface area contributed by atoms with E-state index in [-0.39, 0.29) is 35.1 Å². The van der Waals surface area contributed by atoms with Gasteiger partial charge in [-0.1, -0.05) is 49.3 Å². The van der Waals surface area contributed by atoms with Gasteiger partial charge in [0, 0.05) is 45.3 Å². The van der Waals surface area contributed by atoms with Gasteiger partial charge in [0.2, 0.25) is 10.0 Å². The molecule has 0 amide bonds. The summed E-state index contributed by atoms with van der Waals surface area (Å²) in [6.07, 6.45) is 2.34. The number of halogens is 1. The van der Waals surface area contributed by atoms with E-state index in [1.54, 1.807) is 6.07 Å². The number of rotatable bonds is 8. The summed E-state index contributed by atoms with van der Waals surface area (Å²) in [4.78, 5) is 7.04. The summed E-state index contributed by atoms with van der Waals surface area (Å²) in [5.41, 5.74) is 1.75. The lowest BCUT2D eigenvalue weighted by molar-refractivity contribution is 0.258. The second kappa shape index (κ2) is 12.0. The molecule has 1 aromatic carbocycles. The number of aliphatic imine (C=N–C) groups is 1. The third-order valence-electron chi connectivity index (χ3n) is 5.27. The van der Waals surface area contributed by atoms with Crippen molar-refractivity contribution >= 4 is 40.0 Å². The summed E-state index contributed by atoms with van der Waals surface area (Å²) in [5, 5.41) is 7.08. The molecule has 0 saturated carbocycles. The van der Waals surface area contributed by atoms with Crippen molar-refractivity contribution in [1.29, 1.82) is 0 Å². The van der Waals surface area contributed by atoms with Gasteiger partial charge in [0.15, 0.2) is 5.96 Å². The molecular formula is C22H34IN5O3S. The van der Waals surface area contributed by atoms with E-state index in [9.17, 15) is 8.42 Å². The van der Waals surface area contributed by atoms with Crippen LogP contribution in [0.25, 0.3) is 0 Å². The van der Waals surface area contributed by atoms with Crippen molar-refractivity contribution in [1.82, 2.24) is 19.7 Å². The third-order valence-corrected chi connectivity index (χ3v) is 7.08. The molecule has 0 unspecified atom stereocenters. The van der Waals surface area contributed by atoms with Crippen molar-refractivity contribution in [3.63, 3.8) is 0 Å². The SMILES string of the molecule is CCNC(=NCC(C)(C)Cc1ccccc1)N1CCN(S(=O)(=O)Cc2ccon2)CC1.I. The Bertz CT molecular complexity index is 941. The van der Waals surface area contributed by atoms with E-state index in [4.69, 9.17) is 9.52 Å². The van der Waals surface area contributed by atoms with E-state index >= 15 is 0 Å². The smallest absolute Gasteiger partial charge is 0.220 e. The van der Waals surface area contributed by atoms with Crippen molar-refractivity contribution in [2.45, 2.75) is 32.9 Å². The topological polar surface area (TPSA) is 91.0 Å². The number of nitrogens with one attached hydrogen (secondary N) is 1. The number of hydrogen-bond donors (Lipinski definition) is 1. The van der Waals surface area contributed by atoms with Crippen LogP contribution in [0.3, 0.4) is 0 Å². The van der Waals surface area contributed by atoms with Gasteiger partial charge in [-0.05, 0) is 24.3 Å². The maximum atomic E-state index is 12.7. The highest BCUT2D eigenvalue weighted by molar-refractivity contribution is 14.0. The van der Waals surface area contributed by atoms with E-state index in [1.165, 1.54) is 16.1 Å². The van der Waals surface area contributed by atoms with Gasteiger partial charge in [-0.15, -0.1) is 24.0 Å². The molecule has 0 spiro atoms. The summed E-state index contributed by atoms with van der Waals surface area (Å²) in [6.45, 7) is 10.0. The second-order valence-electron chi connectivity index (χ2n) is 8.63. The minimum Gasteiger partial charge on any atom is -0.364 e. The summed E-state index contributed by atoms with van der Waals surface area (Å²) in [6, 6.07) is 12.0. The standard InChI is InChI=1S/C22H33N5O3S.HI/c1-4-23-21(24-18-22(2,3)16-19-8-6-5-7-9-19)26-11-13-27(14-12-26)31(28,29)17-20-10-15-30-25-20;/h5-10,15H,4,11-14,16-18H2,1-3H3,(H,23,24);1H. The van der Waals surface area contributed by atoms with Crippen molar-refractivity contribution in [2.75, 3.05) is 39.3 Å². The maximum Gasteiger partial charge on any atom is 0.220 e. The Balaban J connectivity index is 0.00000363. The summed E-state index contributed by atoms with van der Waals surface area (Å²) >= 11 is 0. The Labute approximate surface area is 208 Å². The Kier molecular flexibility index (Phi) is 9.96. The lowest BCUT2D eigenvalue weighted by Gasteiger charge is -2.36. The molecule has 178 valence electrons. The molecule has 1 aliphatic rings. The lowest BCUT2D eigenvalue weighted by Crippen LogP contribution is -2.54. The Morgan fingerprint density at radius 2 is 1.84 bits per heavy atom. The van der Waals surface area contributed by atoms with Crippen LogP contribution in [0.5, 0.6) is 0 Å². The average Bonchev–Trinajstić information content (AvgIpc) is 3.24. The monoisotopic (exact) mass is 575 g/mol. The van der Waals surface area contributed by atoms with E-state index < -0.39 is 10.0 Å². The van der Waals surface area contributed by atoms with Gasteiger partial charge >= 0.3 is 0 Å². The van der Waals surface area contributed by atoms with Crippen LogP contribution in [0.15, 0.2) is 52.2 Å². The quantitative estimate of drug-likeness (QED) is 0.296. The zero-order valence-corrected chi connectivity index (χ0v) is 22.2. The Morgan fingerprint density at radius 1 is 1.16 bits per heavy atom. The molecule has 2 heterocycles. The van der Waals surface area contributed by atoms with Crippen LogP contribution < -0.4 is 5.32 Å². The second-order valence-corrected chi connectivity index (χ2v) is 10.6. The van der Waals surface area contributed by atoms with Crippen molar-refractivity contribution in [3.8, 4) is 0 Å². The molecule has 2 aromatic rings. The lowest BCUT2D eigenvalue weighted by atomic mass is 9.86. The van der Waals surface area contributed by atoms with E-state index in [0.29, 0.717) is 38.4 Å². The van der Waals surface area contributed by atoms with E-state index in [0.717, 1.165) is 18.9 Å². The van der Waals surface area contributed by atoms with E-state index in [1.807, 2.05) is 13.0 Å². The molecule has 1 aliphatic heterocycles. The number of nitrogens with zero attached hydrogens (tertiary/aromatic N) is 4. The fourth-order valence-electron chi connectivity index (χ4n) is 3.69. The van der Waals surface area contributed by atoms with Crippen LogP contribution in [-0.2, 0) is 22.2 Å². The van der Waals surface area contributed by atoms with Gasteiger partial charge in [-0.2, -0.15) is 4.31 Å². The average molecular weight is 576 g/mol. The Hall–Kier alpha value is -1.66. The number of guanidine groups is 1. The van der Waals surface area contributed by atoms with Gasteiger partial charge in [0.25, 0.3) is 0 Å². The first kappa shape index (κ1) is 26.6. The maximum absolute atomic E-state index is 12.7. The van der Waals surface area contributed by atoms with Gasteiger partial charge in [-0.3, -0.25) is 4.99 Å². The summed E-state index contributed by atoms with van der Waals surface area (Å²) in [7, 11) is -3.41. The molecule has 8 nitrogen and oxygen atoms in total. The molecule has 1 fully saturated rings. The highest BCUT2D eigenvalue weighted by Gasteiger charge is 2.29. The zero-order valence-electron chi connectivity index (χ0n) is 19.0. The van der Waals surface area contributed by atoms with Crippen molar-refractivity contribution in [2.24, 2.45) is 10.4 Å². The molecule has 10 heteroatoms. The molecule has 32 heavy (non-hydrogen) atoms. The largest absolute Gasteiger partial charge is 0.364 e. The van der Waals surface area contributed by atoms with Crippen LogP contribution in [0, 0.1) is 5.41 Å². The number of hydrogen-bond acceptors (Lipinski definition) is 5. The summed E-state index contributed by atoms with van der Waals surface area (Å²) in [5.74, 6) is 0.711.